The van der Waals surface area contributed by atoms with Crippen LogP contribution in [0.25, 0.3) is 0 Å². The fourth-order valence-electron chi connectivity index (χ4n) is 3.11. The molecule has 1 fully saturated rings. The lowest BCUT2D eigenvalue weighted by molar-refractivity contribution is 0.106. The van der Waals surface area contributed by atoms with Gasteiger partial charge in [0, 0.05) is 50.0 Å². The van der Waals surface area contributed by atoms with Crippen molar-refractivity contribution in [3.63, 3.8) is 0 Å². The number of hydrogen-bond acceptors (Lipinski definition) is 5. The summed E-state index contributed by atoms with van der Waals surface area (Å²) in [6.07, 6.45) is -0.804. The number of nitrogens with zero attached hydrogens (tertiary/aromatic N) is 4. The normalized spacial score (nSPS) is 17.1. The van der Waals surface area contributed by atoms with Crippen LogP contribution in [0.2, 0.25) is 0 Å². The number of β-amino-alcohol motifs (C(OH)–C–C–N with tert-alkyl or cyclic N) is 1. The van der Waals surface area contributed by atoms with Gasteiger partial charge in [-0.15, -0.1) is 0 Å². The van der Waals surface area contributed by atoms with Crippen LogP contribution in [0.1, 0.15) is 23.2 Å². The molecule has 5 nitrogen and oxygen atoms in total. The zero-order valence-electron chi connectivity index (χ0n) is 14.1. The third-order valence-electron chi connectivity index (χ3n) is 4.34. The van der Waals surface area contributed by atoms with Gasteiger partial charge in [-0.2, -0.15) is 0 Å². The van der Waals surface area contributed by atoms with Crippen molar-refractivity contribution in [3.05, 3.63) is 53.2 Å². The molecule has 1 aromatic carbocycles. The Balaban J connectivity index is 1.58. The summed E-state index contributed by atoms with van der Waals surface area (Å²) in [6.45, 7) is 7.61. The number of benzene rings is 1. The monoisotopic (exact) mass is 330 g/mol. The zero-order chi connectivity index (χ0) is 17.1. The first kappa shape index (κ1) is 16.8. The van der Waals surface area contributed by atoms with Crippen LogP contribution in [0.5, 0.6) is 0 Å². The number of aryl methyl sites for hydroxylation is 2. The molecule has 6 heteroatoms. The van der Waals surface area contributed by atoms with E-state index < -0.39 is 6.10 Å². The Kier molecular flexibility index (Phi) is 5.06. The van der Waals surface area contributed by atoms with Crippen molar-refractivity contribution < 1.29 is 9.50 Å². The van der Waals surface area contributed by atoms with E-state index in [2.05, 4.69) is 19.8 Å². The van der Waals surface area contributed by atoms with Gasteiger partial charge in [0.05, 0.1) is 6.10 Å². The topological polar surface area (TPSA) is 52.5 Å². The fraction of sp³-hybridized carbons (Fsp3) is 0.444. The summed E-state index contributed by atoms with van der Waals surface area (Å²) in [7, 11) is 0. The molecule has 1 atom stereocenters. The second kappa shape index (κ2) is 7.23. The Morgan fingerprint density at radius 2 is 1.83 bits per heavy atom. The van der Waals surface area contributed by atoms with Crippen LogP contribution in [-0.4, -0.2) is 52.7 Å². The summed E-state index contributed by atoms with van der Waals surface area (Å²) in [5.41, 5.74) is 1.33. The predicted octanol–water partition coefficient (Wildman–Crippen LogP) is 2.09. The van der Waals surface area contributed by atoms with E-state index in [4.69, 9.17) is 0 Å². The van der Waals surface area contributed by atoms with Crippen LogP contribution in [-0.2, 0) is 0 Å². The summed E-state index contributed by atoms with van der Waals surface area (Å²) in [5, 5.41) is 10.3. The van der Waals surface area contributed by atoms with Crippen molar-refractivity contribution in [2.45, 2.75) is 20.0 Å². The summed E-state index contributed by atoms with van der Waals surface area (Å²) < 4.78 is 13.8. The lowest BCUT2D eigenvalue weighted by Crippen LogP contribution is -2.48. The Morgan fingerprint density at radius 3 is 2.50 bits per heavy atom. The molecule has 1 aliphatic rings. The Morgan fingerprint density at radius 1 is 1.12 bits per heavy atom. The lowest BCUT2D eigenvalue weighted by Gasteiger charge is -2.36. The van der Waals surface area contributed by atoms with Crippen molar-refractivity contribution in [2.24, 2.45) is 0 Å². The smallest absolute Gasteiger partial charge is 0.132 e. The number of aliphatic hydroxyl groups excluding tert-OH is 1. The third kappa shape index (κ3) is 3.88. The van der Waals surface area contributed by atoms with Gasteiger partial charge in [-0.25, -0.2) is 14.4 Å². The third-order valence-corrected chi connectivity index (χ3v) is 4.34. The molecule has 2 aromatic rings. The van der Waals surface area contributed by atoms with Gasteiger partial charge >= 0.3 is 0 Å². The van der Waals surface area contributed by atoms with E-state index in [9.17, 15) is 9.50 Å². The maximum atomic E-state index is 13.8. The van der Waals surface area contributed by atoms with Crippen LogP contribution < -0.4 is 4.90 Å². The van der Waals surface area contributed by atoms with E-state index in [0.29, 0.717) is 12.1 Å². The highest BCUT2D eigenvalue weighted by molar-refractivity contribution is 5.40. The number of rotatable bonds is 4. The first-order valence-corrected chi connectivity index (χ1v) is 8.25. The van der Waals surface area contributed by atoms with Crippen molar-refractivity contribution in [2.75, 3.05) is 37.6 Å². The molecule has 0 amide bonds. The average molecular weight is 330 g/mol. The van der Waals surface area contributed by atoms with Crippen molar-refractivity contribution in [1.29, 1.82) is 0 Å². The van der Waals surface area contributed by atoms with Crippen LogP contribution in [0.4, 0.5) is 10.2 Å². The molecule has 1 N–H and O–H groups in total. The highest BCUT2D eigenvalue weighted by atomic mass is 19.1. The molecule has 24 heavy (non-hydrogen) atoms. The number of halogens is 1. The first-order valence-electron chi connectivity index (χ1n) is 8.25. The van der Waals surface area contributed by atoms with Gasteiger partial charge in [0.15, 0.2) is 0 Å². The quantitative estimate of drug-likeness (QED) is 0.930. The van der Waals surface area contributed by atoms with Gasteiger partial charge in [0.25, 0.3) is 0 Å². The van der Waals surface area contributed by atoms with Gasteiger partial charge in [0.2, 0.25) is 0 Å². The van der Waals surface area contributed by atoms with E-state index in [1.807, 2.05) is 19.9 Å². The molecule has 128 valence electrons. The standard InChI is InChI=1S/C18H23FN4O/c1-13-11-18(21-14(2)20-13)23-9-7-22(8-10-23)12-17(24)15-5-3-4-6-16(15)19/h3-6,11,17,24H,7-10,12H2,1-2H3. The minimum absolute atomic E-state index is 0.351. The number of aliphatic hydroxyl groups is 1. The summed E-state index contributed by atoms with van der Waals surface area (Å²) in [5.74, 6) is 1.38. The molecule has 1 aromatic heterocycles. The van der Waals surface area contributed by atoms with E-state index in [-0.39, 0.29) is 5.82 Å². The summed E-state index contributed by atoms with van der Waals surface area (Å²) in [6, 6.07) is 8.41. The van der Waals surface area contributed by atoms with E-state index in [1.165, 1.54) is 6.07 Å². The predicted molar refractivity (Wildman–Crippen MR) is 91.5 cm³/mol. The Hall–Kier alpha value is -2.05. The molecule has 1 saturated heterocycles. The zero-order valence-corrected chi connectivity index (χ0v) is 14.1. The van der Waals surface area contributed by atoms with E-state index in [1.54, 1.807) is 18.2 Å². The van der Waals surface area contributed by atoms with Gasteiger partial charge in [0.1, 0.15) is 17.5 Å². The molecule has 0 spiro atoms. The Labute approximate surface area is 141 Å². The van der Waals surface area contributed by atoms with Crippen LogP contribution in [0.3, 0.4) is 0 Å². The molecule has 2 heterocycles. The molecule has 1 aliphatic heterocycles. The van der Waals surface area contributed by atoms with Crippen LogP contribution >= 0.6 is 0 Å². The van der Waals surface area contributed by atoms with Crippen molar-refractivity contribution in [3.8, 4) is 0 Å². The SMILES string of the molecule is Cc1cc(N2CCN(CC(O)c3ccccc3F)CC2)nc(C)n1. The summed E-state index contributed by atoms with van der Waals surface area (Å²) in [4.78, 5) is 13.2. The number of hydrogen-bond donors (Lipinski definition) is 1. The Bertz CT molecular complexity index is 681. The van der Waals surface area contributed by atoms with Crippen LogP contribution in [0, 0.1) is 19.7 Å². The molecule has 3 rings (SSSR count). The average Bonchev–Trinajstić information content (AvgIpc) is 2.55. The lowest BCUT2D eigenvalue weighted by atomic mass is 10.1. The number of piperazine rings is 1. The molecule has 0 saturated carbocycles. The minimum atomic E-state index is -0.804. The molecule has 0 bridgehead atoms. The van der Waals surface area contributed by atoms with Crippen LogP contribution in [0.15, 0.2) is 30.3 Å². The maximum absolute atomic E-state index is 13.8. The van der Waals surface area contributed by atoms with Gasteiger partial charge in [-0.1, -0.05) is 18.2 Å². The largest absolute Gasteiger partial charge is 0.387 e. The number of anilines is 1. The molecular weight excluding hydrogens is 307 g/mol. The van der Waals surface area contributed by atoms with Crippen molar-refractivity contribution in [1.82, 2.24) is 14.9 Å². The van der Waals surface area contributed by atoms with E-state index in [0.717, 1.165) is 43.5 Å². The second-order valence-electron chi connectivity index (χ2n) is 6.24. The van der Waals surface area contributed by atoms with Gasteiger partial charge in [-0.3, -0.25) is 4.90 Å². The highest BCUT2D eigenvalue weighted by Crippen LogP contribution is 2.20. The maximum Gasteiger partial charge on any atom is 0.132 e. The summed E-state index contributed by atoms with van der Waals surface area (Å²) >= 11 is 0. The van der Waals surface area contributed by atoms with Gasteiger partial charge < -0.3 is 10.0 Å². The highest BCUT2D eigenvalue weighted by Gasteiger charge is 2.22. The second-order valence-corrected chi connectivity index (χ2v) is 6.24. The molecule has 0 radical (unpaired) electrons. The van der Waals surface area contributed by atoms with Crippen molar-refractivity contribution >= 4 is 5.82 Å². The fourth-order valence-corrected chi connectivity index (χ4v) is 3.11. The number of aromatic nitrogens is 2. The first-order chi connectivity index (χ1) is 11.5. The van der Waals surface area contributed by atoms with E-state index >= 15 is 0 Å². The molecule has 1 unspecified atom stereocenters. The molecular formula is C18H23FN4O. The molecule has 0 aliphatic carbocycles. The van der Waals surface area contributed by atoms with Gasteiger partial charge in [-0.05, 0) is 19.9 Å². The minimum Gasteiger partial charge on any atom is -0.387 e.